The van der Waals surface area contributed by atoms with Crippen molar-refractivity contribution in [1.29, 1.82) is 0 Å². The first-order valence-electron chi connectivity index (χ1n) is 6.72. The quantitative estimate of drug-likeness (QED) is 0.877. The molecule has 1 aromatic carbocycles. The highest BCUT2D eigenvalue weighted by molar-refractivity contribution is 5.68. The molecule has 0 radical (unpaired) electrons. The van der Waals surface area contributed by atoms with Crippen LogP contribution in [0.15, 0.2) is 28.7 Å². The summed E-state index contributed by atoms with van der Waals surface area (Å²) in [7, 11) is 0. The molecule has 112 valence electrons. The van der Waals surface area contributed by atoms with Crippen molar-refractivity contribution in [2.24, 2.45) is 0 Å². The number of hydrogen-bond acceptors (Lipinski definition) is 5. The van der Waals surface area contributed by atoms with Crippen LogP contribution in [-0.2, 0) is 16.8 Å². The molecule has 1 heterocycles. The Bertz CT molecular complexity index is 612. The number of benzene rings is 1. The Morgan fingerprint density at radius 2 is 1.90 bits per heavy atom. The van der Waals surface area contributed by atoms with Gasteiger partial charge < -0.3 is 9.52 Å². The summed E-state index contributed by atoms with van der Waals surface area (Å²) in [5.74, 6) is -0.124. The molecule has 0 aliphatic carbocycles. The molecule has 0 spiro atoms. The van der Waals surface area contributed by atoms with Crippen molar-refractivity contribution in [2.45, 2.75) is 32.7 Å². The molecule has 21 heavy (non-hydrogen) atoms. The maximum atomic E-state index is 10.4. The zero-order chi connectivity index (χ0) is 15.5. The van der Waals surface area contributed by atoms with E-state index in [9.17, 15) is 4.79 Å². The number of hydrogen-bond donors (Lipinski definition) is 2. The number of carbonyl (C=O) groups is 1. The second kappa shape index (κ2) is 6.05. The molecule has 0 aliphatic rings. The Morgan fingerprint density at radius 1 is 1.24 bits per heavy atom. The summed E-state index contributed by atoms with van der Waals surface area (Å²) in [6.45, 7) is 6.56. The number of aliphatic carboxylic acids is 1. The summed E-state index contributed by atoms with van der Waals surface area (Å²) >= 11 is 0. The number of aromatic nitrogens is 2. The third kappa shape index (κ3) is 4.13. The Balaban J connectivity index is 2.05. The second-order valence-corrected chi connectivity index (χ2v) is 5.83. The molecule has 2 rings (SSSR count). The van der Waals surface area contributed by atoms with Gasteiger partial charge in [0.15, 0.2) is 0 Å². The maximum absolute atomic E-state index is 10.4. The summed E-state index contributed by atoms with van der Waals surface area (Å²) in [6.07, 6.45) is 0. The molecule has 1 aromatic heterocycles. The van der Waals surface area contributed by atoms with Gasteiger partial charge in [-0.2, -0.15) is 0 Å². The van der Waals surface area contributed by atoms with E-state index in [1.165, 1.54) is 5.56 Å². The summed E-state index contributed by atoms with van der Waals surface area (Å²) in [5.41, 5.74) is 2.17. The van der Waals surface area contributed by atoms with Crippen LogP contribution in [0.1, 0.15) is 32.2 Å². The van der Waals surface area contributed by atoms with Crippen LogP contribution in [0.4, 0.5) is 0 Å². The zero-order valence-corrected chi connectivity index (χ0v) is 12.4. The standard InChI is InChI=1S/C15H19N3O3/c1-15(2,3)11-6-4-10(5-7-11)14-18-17-12(21-14)8-16-9-13(19)20/h4-7,16H,8-9H2,1-3H3,(H,19,20). The van der Waals surface area contributed by atoms with Gasteiger partial charge in [0.05, 0.1) is 13.1 Å². The van der Waals surface area contributed by atoms with Gasteiger partial charge in [0.25, 0.3) is 0 Å². The minimum atomic E-state index is -0.924. The number of nitrogens with one attached hydrogen (secondary N) is 1. The van der Waals surface area contributed by atoms with E-state index in [1.807, 2.05) is 24.3 Å². The van der Waals surface area contributed by atoms with Crippen molar-refractivity contribution in [3.63, 3.8) is 0 Å². The van der Waals surface area contributed by atoms with Crippen LogP contribution in [0, 0.1) is 0 Å². The van der Waals surface area contributed by atoms with Crippen molar-refractivity contribution in [3.8, 4) is 11.5 Å². The van der Waals surface area contributed by atoms with Gasteiger partial charge in [0.1, 0.15) is 0 Å². The Morgan fingerprint density at radius 3 is 2.48 bits per heavy atom. The van der Waals surface area contributed by atoms with Crippen LogP contribution in [0.5, 0.6) is 0 Å². The van der Waals surface area contributed by atoms with Gasteiger partial charge in [-0.3, -0.25) is 10.1 Å². The van der Waals surface area contributed by atoms with Crippen LogP contribution in [0.3, 0.4) is 0 Å². The molecular formula is C15H19N3O3. The lowest BCUT2D eigenvalue weighted by molar-refractivity contribution is -0.136. The highest BCUT2D eigenvalue weighted by atomic mass is 16.4. The average molecular weight is 289 g/mol. The minimum Gasteiger partial charge on any atom is -0.480 e. The van der Waals surface area contributed by atoms with Crippen molar-refractivity contribution < 1.29 is 14.3 Å². The SMILES string of the molecule is CC(C)(C)c1ccc(-c2nnc(CNCC(=O)O)o2)cc1. The van der Waals surface area contributed by atoms with Crippen LogP contribution in [0.2, 0.25) is 0 Å². The second-order valence-electron chi connectivity index (χ2n) is 5.83. The lowest BCUT2D eigenvalue weighted by Crippen LogP contribution is -2.21. The molecule has 6 nitrogen and oxygen atoms in total. The molecule has 6 heteroatoms. The van der Waals surface area contributed by atoms with Crippen molar-refractivity contribution in [1.82, 2.24) is 15.5 Å². The monoisotopic (exact) mass is 289 g/mol. The summed E-state index contributed by atoms with van der Waals surface area (Å²) in [4.78, 5) is 10.4. The zero-order valence-electron chi connectivity index (χ0n) is 12.4. The fourth-order valence-corrected chi connectivity index (χ4v) is 1.83. The smallest absolute Gasteiger partial charge is 0.317 e. The molecule has 0 saturated heterocycles. The highest BCUT2D eigenvalue weighted by Gasteiger charge is 2.14. The molecule has 2 aromatic rings. The van der Waals surface area contributed by atoms with E-state index in [2.05, 4.69) is 36.3 Å². The topological polar surface area (TPSA) is 88.2 Å². The summed E-state index contributed by atoms with van der Waals surface area (Å²) in [6, 6.07) is 7.98. The van der Waals surface area contributed by atoms with E-state index < -0.39 is 5.97 Å². The van der Waals surface area contributed by atoms with E-state index in [0.717, 1.165) is 5.56 Å². The largest absolute Gasteiger partial charge is 0.480 e. The van der Waals surface area contributed by atoms with Crippen LogP contribution < -0.4 is 5.32 Å². The number of nitrogens with zero attached hydrogens (tertiary/aromatic N) is 2. The number of carboxylic acid groups (broad SMARTS) is 1. The first kappa shape index (κ1) is 15.2. The van der Waals surface area contributed by atoms with Gasteiger partial charge in [-0.25, -0.2) is 0 Å². The lowest BCUT2D eigenvalue weighted by Gasteiger charge is -2.18. The number of carboxylic acids is 1. The molecule has 0 unspecified atom stereocenters. The summed E-state index contributed by atoms with van der Waals surface area (Å²) in [5, 5.41) is 19.1. The molecule has 0 atom stereocenters. The molecule has 0 fully saturated rings. The Labute approximate surface area is 123 Å². The Kier molecular flexibility index (Phi) is 4.37. The predicted molar refractivity (Wildman–Crippen MR) is 77.8 cm³/mol. The number of rotatable bonds is 5. The van der Waals surface area contributed by atoms with Gasteiger partial charge in [-0.1, -0.05) is 32.9 Å². The van der Waals surface area contributed by atoms with Gasteiger partial charge in [0.2, 0.25) is 11.8 Å². The average Bonchev–Trinajstić information content (AvgIpc) is 2.86. The predicted octanol–water partition coefficient (Wildman–Crippen LogP) is 2.21. The van der Waals surface area contributed by atoms with E-state index >= 15 is 0 Å². The van der Waals surface area contributed by atoms with E-state index in [4.69, 9.17) is 9.52 Å². The van der Waals surface area contributed by atoms with Crippen LogP contribution >= 0.6 is 0 Å². The molecule has 0 amide bonds. The third-order valence-corrected chi connectivity index (χ3v) is 3.02. The maximum Gasteiger partial charge on any atom is 0.317 e. The highest BCUT2D eigenvalue weighted by Crippen LogP contribution is 2.25. The van der Waals surface area contributed by atoms with Crippen LogP contribution in [0.25, 0.3) is 11.5 Å². The van der Waals surface area contributed by atoms with Crippen LogP contribution in [-0.4, -0.2) is 27.8 Å². The molecular weight excluding hydrogens is 270 g/mol. The normalized spacial score (nSPS) is 11.6. The summed E-state index contributed by atoms with van der Waals surface area (Å²) < 4.78 is 5.50. The van der Waals surface area contributed by atoms with Gasteiger partial charge in [0, 0.05) is 5.56 Å². The molecule has 0 saturated carbocycles. The van der Waals surface area contributed by atoms with E-state index in [0.29, 0.717) is 11.8 Å². The van der Waals surface area contributed by atoms with Crippen molar-refractivity contribution in [3.05, 3.63) is 35.7 Å². The van der Waals surface area contributed by atoms with Gasteiger partial charge in [-0.05, 0) is 23.1 Å². The minimum absolute atomic E-state index is 0.0965. The third-order valence-electron chi connectivity index (χ3n) is 3.02. The lowest BCUT2D eigenvalue weighted by atomic mass is 9.87. The van der Waals surface area contributed by atoms with E-state index in [1.54, 1.807) is 0 Å². The first-order chi connectivity index (χ1) is 9.86. The van der Waals surface area contributed by atoms with Gasteiger partial charge in [-0.15, -0.1) is 10.2 Å². The molecule has 2 N–H and O–H groups in total. The first-order valence-corrected chi connectivity index (χ1v) is 6.72. The van der Waals surface area contributed by atoms with Crippen molar-refractivity contribution >= 4 is 5.97 Å². The molecule has 0 aliphatic heterocycles. The molecule has 0 bridgehead atoms. The van der Waals surface area contributed by atoms with Gasteiger partial charge >= 0.3 is 5.97 Å². The fraction of sp³-hybridized carbons (Fsp3) is 0.400. The van der Waals surface area contributed by atoms with Crippen molar-refractivity contribution in [2.75, 3.05) is 6.54 Å². The fourth-order valence-electron chi connectivity index (χ4n) is 1.83. The van der Waals surface area contributed by atoms with E-state index in [-0.39, 0.29) is 18.5 Å². The Hall–Kier alpha value is -2.21.